The summed E-state index contributed by atoms with van der Waals surface area (Å²) < 4.78 is 5.32. The summed E-state index contributed by atoms with van der Waals surface area (Å²) >= 11 is 3.25. The third-order valence-corrected chi connectivity index (χ3v) is 8.65. The van der Waals surface area contributed by atoms with Gasteiger partial charge in [-0.1, -0.05) is 17.4 Å². The molecule has 0 unspecified atom stereocenters. The zero-order valence-corrected chi connectivity index (χ0v) is 15.0. The van der Waals surface area contributed by atoms with E-state index in [1.165, 1.54) is 35.5 Å². The van der Waals surface area contributed by atoms with Crippen molar-refractivity contribution in [1.82, 2.24) is 4.98 Å². The first kappa shape index (κ1) is 14.9. The lowest BCUT2D eigenvalue weighted by Crippen LogP contribution is -2.33. The van der Waals surface area contributed by atoms with Gasteiger partial charge in [0.15, 0.2) is 11.5 Å². The summed E-state index contributed by atoms with van der Waals surface area (Å²) in [5.74, 6) is 3.03. The van der Waals surface area contributed by atoms with Gasteiger partial charge in [-0.2, -0.15) is 0 Å². The number of H-pyrrole nitrogens is 1. The molecule has 0 amide bonds. The van der Waals surface area contributed by atoms with Gasteiger partial charge in [0.05, 0.1) is 12.1 Å². The number of hydrogen-bond donors (Lipinski definition) is 2. The Morgan fingerprint density at radius 1 is 1.29 bits per heavy atom. The van der Waals surface area contributed by atoms with E-state index in [4.69, 9.17) is 4.74 Å². The van der Waals surface area contributed by atoms with E-state index < -0.39 is 0 Å². The van der Waals surface area contributed by atoms with Crippen molar-refractivity contribution < 1.29 is 9.84 Å². The van der Waals surface area contributed by atoms with Crippen LogP contribution in [0.1, 0.15) is 35.6 Å². The number of rotatable bonds is 2. The van der Waals surface area contributed by atoms with Crippen LogP contribution in [0.5, 0.6) is 11.5 Å². The van der Waals surface area contributed by atoms with Crippen LogP contribution >= 0.6 is 23.1 Å². The normalized spacial score (nSPS) is 33.3. The average molecular weight is 361 g/mol. The number of nitrogens with one attached hydrogen (secondary N) is 1. The number of fused-ring (bicyclic) bond motifs is 6. The highest BCUT2D eigenvalue weighted by molar-refractivity contribution is 8.00. The van der Waals surface area contributed by atoms with Crippen molar-refractivity contribution in [2.24, 2.45) is 17.8 Å². The Kier molecular flexibility index (Phi) is 3.29. The third kappa shape index (κ3) is 2.02. The zero-order valence-electron chi connectivity index (χ0n) is 13.3. The average Bonchev–Trinajstić information content (AvgIpc) is 3.26. The molecule has 0 spiro atoms. The molecule has 6 heteroatoms. The van der Waals surface area contributed by atoms with Gasteiger partial charge in [0.2, 0.25) is 0 Å². The summed E-state index contributed by atoms with van der Waals surface area (Å²) in [7, 11) is 1.58. The molecule has 2 bridgehead atoms. The minimum atomic E-state index is 0.0376. The molecular weight excluding hydrogens is 342 g/mol. The van der Waals surface area contributed by atoms with Gasteiger partial charge < -0.3 is 14.8 Å². The number of ether oxygens (including phenoxy) is 1. The molecule has 1 aromatic carbocycles. The Balaban J connectivity index is 1.68. The number of phenolic OH excluding ortho intramolecular Hbond substituents is 1. The number of aromatic amines is 1. The molecule has 2 heterocycles. The van der Waals surface area contributed by atoms with E-state index in [0.717, 1.165) is 22.4 Å². The highest BCUT2D eigenvalue weighted by Gasteiger charge is 2.54. The summed E-state index contributed by atoms with van der Waals surface area (Å²) in [4.78, 5) is 16.3. The van der Waals surface area contributed by atoms with Crippen LogP contribution in [0.3, 0.4) is 0 Å². The SMILES string of the molecule is COc1cc([C@H]2c3sc(=O)[nH]c3S[C@H]3[C@@H]4CC[C@@H](C4)[C@H]23)ccc1O. The molecule has 1 aromatic heterocycles. The smallest absolute Gasteiger partial charge is 0.305 e. The molecule has 3 aliphatic rings. The third-order valence-electron chi connectivity index (χ3n) is 6.03. The summed E-state index contributed by atoms with van der Waals surface area (Å²) in [5.41, 5.74) is 1.16. The maximum Gasteiger partial charge on any atom is 0.305 e. The van der Waals surface area contributed by atoms with Crippen LogP contribution in [-0.2, 0) is 0 Å². The van der Waals surface area contributed by atoms with Gasteiger partial charge in [-0.05, 0) is 54.7 Å². The van der Waals surface area contributed by atoms with Gasteiger partial charge in [0.25, 0.3) is 0 Å². The summed E-state index contributed by atoms with van der Waals surface area (Å²) in [5, 5.41) is 11.6. The Labute approximate surface area is 148 Å². The van der Waals surface area contributed by atoms with Gasteiger partial charge in [0, 0.05) is 16.0 Å². The molecule has 5 rings (SSSR count). The first-order valence-electron chi connectivity index (χ1n) is 8.42. The van der Waals surface area contributed by atoms with Crippen LogP contribution in [0.25, 0.3) is 0 Å². The number of aromatic nitrogens is 1. The van der Waals surface area contributed by atoms with Crippen molar-refractivity contribution in [3.8, 4) is 11.5 Å². The molecule has 5 atom stereocenters. The monoisotopic (exact) mass is 361 g/mol. The Hall–Kier alpha value is -1.40. The van der Waals surface area contributed by atoms with E-state index in [9.17, 15) is 9.90 Å². The van der Waals surface area contributed by atoms with Crippen LogP contribution in [0.2, 0.25) is 0 Å². The quantitative estimate of drug-likeness (QED) is 0.854. The van der Waals surface area contributed by atoms with Crippen molar-refractivity contribution in [3.63, 3.8) is 0 Å². The summed E-state index contributed by atoms with van der Waals surface area (Å²) in [6, 6.07) is 5.66. The maximum atomic E-state index is 12.0. The zero-order chi connectivity index (χ0) is 16.4. The molecule has 2 fully saturated rings. The number of thioether (sulfide) groups is 1. The second-order valence-electron chi connectivity index (χ2n) is 7.11. The van der Waals surface area contributed by atoms with Gasteiger partial charge in [-0.15, -0.1) is 11.8 Å². The predicted octanol–water partition coefficient (Wildman–Crippen LogP) is 3.80. The first-order valence-corrected chi connectivity index (χ1v) is 10.1. The molecule has 2 saturated carbocycles. The Morgan fingerprint density at radius 3 is 2.96 bits per heavy atom. The van der Waals surface area contributed by atoms with Crippen molar-refractivity contribution >= 4 is 23.1 Å². The minimum absolute atomic E-state index is 0.0376. The molecular formula is C18H19NO3S2. The number of methoxy groups -OCH3 is 1. The van der Waals surface area contributed by atoms with Gasteiger partial charge in [-0.3, -0.25) is 4.79 Å². The molecule has 126 valence electrons. The number of phenols is 1. The van der Waals surface area contributed by atoms with Gasteiger partial charge >= 0.3 is 4.87 Å². The summed E-state index contributed by atoms with van der Waals surface area (Å²) in [6.07, 6.45) is 3.97. The van der Waals surface area contributed by atoms with E-state index in [0.29, 0.717) is 16.9 Å². The lowest BCUT2D eigenvalue weighted by molar-refractivity contribution is 0.306. The first-order chi connectivity index (χ1) is 11.7. The largest absolute Gasteiger partial charge is 0.504 e. The fourth-order valence-corrected chi connectivity index (χ4v) is 8.00. The van der Waals surface area contributed by atoms with Gasteiger partial charge in [-0.25, -0.2) is 0 Å². The standard InChI is InChI=1S/C18H19NO3S2/c1-22-12-7-9(4-5-11(12)20)14-13-8-2-3-10(6-8)15(13)23-17-16(14)24-18(21)19-17/h4-5,7-8,10,13-15,20H,2-3,6H2,1H3,(H,19,21)/t8-,10+,13+,14+,15-/m0/s1. The molecule has 2 aromatic rings. The highest BCUT2D eigenvalue weighted by atomic mass is 32.2. The fraction of sp³-hybridized carbons (Fsp3) is 0.500. The molecule has 24 heavy (non-hydrogen) atoms. The molecule has 2 aliphatic carbocycles. The van der Waals surface area contributed by atoms with E-state index in [1.54, 1.807) is 13.2 Å². The molecule has 4 nitrogen and oxygen atoms in total. The fourth-order valence-electron chi connectivity index (χ4n) is 5.11. The Morgan fingerprint density at radius 2 is 2.12 bits per heavy atom. The van der Waals surface area contributed by atoms with E-state index in [2.05, 4.69) is 4.98 Å². The van der Waals surface area contributed by atoms with E-state index in [-0.39, 0.29) is 16.5 Å². The van der Waals surface area contributed by atoms with Crippen molar-refractivity contribution in [1.29, 1.82) is 0 Å². The maximum absolute atomic E-state index is 12.0. The van der Waals surface area contributed by atoms with E-state index in [1.807, 2.05) is 23.9 Å². The molecule has 2 N–H and O–H groups in total. The van der Waals surface area contributed by atoms with Crippen LogP contribution in [0, 0.1) is 17.8 Å². The van der Waals surface area contributed by atoms with Crippen LogP contribution < -0.4 is 9.61 Å². The number of benzene rings is 1. The molecule has 1 aliphatic heterocycles. The van der Waals surface area contributed by atoms with Crippen LogP contribution in [0.4, 0.5) is 0 Å². The van der Waals surface area contributed by atoms with E-state index >= 15 is 0 Å². The second kappa shape index (κ2) is 5.30. The topological polar surface area (TPSA) is 62.3 Å². The highest BCUT2D eigenvalue weighted by Crippen LogP contribution is 2.63. The molecule has 0 radical (unpaired) electrons. The lowest BCUT2D eigenvalue weighted by Gasteiger charge is -2.40. The number of aromatic hydroxyl groups is 1. The molecule has 0 saturated heterocycles. The Bertz CT molecular complexity index is 858. The second-order valence-corrected chi connectivity index (χ2v) is 9.31. The van der Waals surface area contributed by atoms with Crippen molar-refractivity contribution in [3.05, 3.63) is 38.3 Å². The van der Waals surface area contributed by atoms with Crippen LogP contribution in [0.15, 0.2) is 28.0 Å². The number of thiazole rings is 1. The predicted molar refractivity (Wildman–Crippen MR) is 95.4 cm³/mol. The van der Waals surface area contributed by atoms with Gasteiger partial charge in [0.1, 0.15) is 0 Å². The minimum Gasteiger partial charge on any atom is -0.504 e. The lowest BCUT2D eigenvalue weighted by atomic mass is 9.75. The number of hydrogen-bond acceptors (Lipinski definition) is 5. The van der Waals surface area contributed by atoms with Crippen molar-refractivity contribution in [2.45, 2.75) is 35.5 Å². The summed E-state index contributed by atoms with van der Waals surface area (Å²) in [6.45, 7) is 0. The van der Waals surface area contributed by atoms with Crippen molar-refractivity contribution in [2.75, 3.05) is 7.11 Å². The van der Waals surface area contributed by atoms with Crippen LogP contribution in [-0.4, -0.2) is 22.5 Å².